The first-order valence-electron chi connectivity index (χ1n) is 5.68. The fourth-order valence-corrected chi connectivity index (χ4v) is 2.51. The number of nitrogens with zero attached hydrogens (tertiary/aromatic N) is 1. The number of likely N-dealkylation sites (tertiary alicyclic amines) is 1. The number of hydrogen-bond donors (Lipinski definition) is 0. The molecular weight excluding hydrogens is 158 g/mol. The van der Waals surface area contributed by atoms with E-state index in [1.54, 1.807) is 0 Å². The van der Waals surface area contributed by atoms with Gasteiger partial charge in [0.2, 0.25) is 0 Å². The van der Waals surface area contributed by atoms with Gasteiger partial charge in [0, 0.05) is 12.6 Å². The third-order valence-corrected chi connectivity index (χ3v) is 3.70. The molecule has 0 aromatic rings. The second-order valence-corrected chi connectivity index (χ2v) is 4.71. The molecule has 2 fully saturated rings. The molecule has 0 N–H and O–H groups in total. The molecule has 1 heterocycles. The molecule has 1 nitrogen and oxygen atoms in total. The van der Waals surface area contributed by atoms with E-state index in [9.17, 15) is 0 Å². The van der Waals surface area contributed by atoms with Gasteiger partial charge in [0.25, 0.3) is 0 Å². The van der Waals surface area contributed by atoms with Crippen LogP contribution in [-0.4, -0.2) is 24.0 Å². The van der Waals surface area contributed by atoms with Gasteiger partial charge in [-0.3, -0.25) is 4.90 Å². The van der Waals surface area contributed by atoms with E-state index in [2.05, 4.69) is 24.5 Å². The van der Waals surface area contributed by atoms with E-state index in [1.807, 2.05) is 0 Å². The highest BCUT2D eigenvalue weighted by Crippen LogP contribution is 2.41. The van der Waals surface area contributed by atoms with Crippen LogP contribution in [0.1, 0.15) is 32.6 Å². The number of piperidine rings is 1. The lowest BCUT2D eigenvalue weighted by atomic mass is 9.92. The van der Waals surface area contributed by atoms with Gasteiger partial charge in [0.1, 0.15) is 0 Å². The summed E-state index contributed by atoms with van der Waals surface area (Å²) in [6.45, 7) is 8.77. The van der Waals surface area contributed by atoms with Crippen LogP contribution in [0.3, 0.4) is 0 Å². The van der Waals surface area contributed by atoms with E-state index in [-0.39, 0.29) is 0 Å². The van der Waals surface area contributed by atoms with Gasteiger partial charge in [-0.15, -0.1) is 6.58 Å². The maximum absolute atomic E-state index is 3.88. The smallest absolute Gasteiger partial charge is 0.0247 e. The Labute approximate surface area is 81.8 Å². The molecule has 1 saturated carbocycles. The van der Waals surface area contributed by atoms with Crippen LogP contribution in [0, 0.1) is 11.8 Å². The summed E-state index contributed by atoms with van der Waals surface area (Å²) in [5, 5.41) is 0. The van der Waals surface area contributed by atoms with Crippen LogP contribution >= 0.6 is 0 Å². The van der Waals surface area contributed by atoms with Gasteiger partial charge in [0.05, 0.1) is 0 Å². The van der Waals surface area contributed by atoms with E-state index >= 15 is 0 Å². The van der Waals surface area contributed by atoms with E-state index in [0.29, 0.717) is 6.04 Å². The zero-order valence-electron chi connectivity index (χ0n) is 8.71. The molecule has 0 radical (unpaired) electrons. The predicted octanol–water partition coefficient (Wildman–Crippen LogP) is 2.68. The molecule has 13 heavy (non-hydrogen) atoms. The van der Waals surface area contributed by atoms with Crippen LogP contribution in [-0.2, 0) is 0 Å². The number of rotatable bonds is 3. The Kier molecular flexibility index (Phi) is 2.73. The zero-order valence-corrected chi connectivity index (χ0v) is 8.71. The van der Waals surface area contributed by atoms with Crippen LogP contribution < -0.4 is 0 Å². The van der Waals surface area contributed by atoms with Crippen LogP contribution in [0.5, 0.6) is 0 Å². The first-order valence-corrected chi connectivity index (χ1v) is 5.68. The van der Waals surface area contributed by atoms with Crippen molar-refractivity contribution in [3.05, 3.63) is 12.7 Å². The highest BCUT2D eigenvalue weighted by atomic mass is 15.2. The molecule has 0 aromatic carbocycles. The first-order chi connectivity index (χ1) is 6.31. The van der Waals surface area contributed by atoms with Gasteiger partial charge < -0.3 is 0 Å². The van der Waals surface area contributed by atoms with Gasteiger partial charge in [-0.2, -0.15) is 0 Å². The summed E-state index contributed by atoms with van der Waals surface area (Å²) < 4.78 is 0. The van der Waals surface area contributed by atoms with Crippen molar-refractivity contribution in [1.82, 2.24) is 4.90 Å². The molecule has 1 saturated heterocycles. The minimum Gasteiger partial charge on any atom is -0.297 e. The summed E-state index contributed by atoms with van der Waals surface area (Å²) in [5.74, 6) is 2.09. The van der Waals surface area contributed by atoms with E-state index < -0.39 is 0 Å². The highest BCUT2D eigenvalue weighted by molar-refractivity contribution is 4.91. The van der Waals surface area contributed by atoms with Crippen LogP contribution in [0.25, 0.3) is 0 Å². The van der Waals surface area contributed by atoms with Crippen LogP contribution in [0.4, 0.5) is 0 Å². The van der Waals surface area contributed by atoms with Crippen LogP contribution in [0.15, 0.2) is 12.7 Å². The van der Waals surface area contributed by atoms with Gasteiger partial charge in [0.15, 0.2) is 0 Å². The summed E-state index contributed by atoms with van der Waals surface area (Å²) in [6.07, 6.45) is 7.96. The topological polar surface area (TPSA) is 3.24 Å². The minimum absolute atomic E-state index is 0.585. The third-order valence-electron chi connectivity index (χ3n) is 3.70. The quantitative estimate of drug-likeness (QED) is 0.602. The summed E-state index contributed by atoms with van der Waals surface area (Å²) in [4.78, 5) is 2.60. The SMILES string of the molecule is C=CC(C)N1CCCC(C2CC2)C1. The Morgan fingerprint density at radius 3 is 2.69 bits per heavy atom. The Balaban J connectivity index is 1.87. The van der Waals surface area contributed by atoms with Crippen molar-refractivity contribution in [2.24, 2.45) is 11.8 Å². The van der Waals surface area contributed by atoms with Crippen molar-refractivity contribution in [2.45, 2.75) is 38.6 Å². The zero-order chi connectivity index (χ0) is 9.26. The molecule has 2 aliphatic rings. The fraction of sp³-hybridized carbons (Fsp3) is 0.833. The molecule has 1 aliphatic heterocycles. The Hall–Kier alpha value is -0.300. The Morgan fingerprint density at radius 1 is 1.31 bits per heavy atom. The lowest BCUT2D eigenvalue weighted by Gasteiger charge is -2.35. The molecular formula is C12H21N. The number of hydrogen-bond acceptors (Lipinski definition) is 1. The average molecular weight is 179 g/mol. The summed E-state index contributed by atoms with van der Waals surface area (Å²) in [5.41, 5.74) is 0. The van der Waals surface area contributed by atoms with Crippen molar-refractivity contribution in [3.8, 4) is 0 Å². The normalized spacial score (nSPS) is 32.8. The molecule has 1 heteroatoms. The largest absolute Gasteiger partial charge is 0.297 e. The molecule has 2 unspecified atom stereocenters. The Morgan fingerprint density at radius 2 is 2.08 bits per heavy atom. The monoisotopic (exact) mass is 179 g/mol. The summed E-state index contributed by atoms with van der Waals surface area (Å²) >= 11 is 0. The van der Waals surface area contributed by atoms with Gasteiger partial charge in [-0.05, 0) is 51.0 Å². The lowest BCUT2D eigenvalue weighted by Crippen LogP contribution is -2.40. The lowest BCUT2D eigenvalue weighted by molar-refractivity contribution is 0.141. The van der Waals surface area contributed by atoms with Crippen molar-refractivity contribution < 1.29 is 0 Å². The second-order valence-electron chi connectivity index (χ2n) is 4.71. The van der Waals surface area contributed by atoms with E-state index in [1.165, 1.54) is 38.8 Å². The van der Waals surface area contributed by atoms with Crippen molar-refractivity contribution in [1.29, 1.82) is 0 Å². The van der Waals surface area contributed by atoms with Crippen LogP contribution in [0.2, 0.25) is 0 Å². The van der Waals surface area contributed by atoms with Gasteiger partial charge in [-0.1, -0.05) is 6.08 Å². The first kappa shape index (κ1) is 9.26. The molecule has 2 atom stereocenters. The molecule has 0 bridgehead atoms. The average Bonchev–Trinajstić information content (AvgIpc) is 3.00. The van der Waals surface area contributed by atoms with E-state index in [4.69, 9.17) is 0 Å². The van der Waals surface area contributed by atoms with E-state index in [0.717, 1.165) is 11.8 Å². The van der Waals surface area contributed by atoms with Crippen molar-refractivity contribution in [2.75, 3.05) is 13.1 Å². The molecule has 1 aliphatic carbocycles. The standard InChI is InChI=1S/C12H21N/c1-3-10(2)13-8-4-5-12(9-13)11-6-7-11/h3,10-12H,1,4-9H2,2H3. The van der Waals surface area contributed by atoms with Crippen molar-refractivity contribution in [3.63, 3.8) is 0 Å². The fourth-order valence-electron chi connectivity index (χ4n) is 2.51. The molecule has 74 valence electrons. The Bertz CT molecular complexity index is 184. The molecule has 0 spiro atoms. The second kappa shape index (κ2) is 3.83. The predicted molar refractivity (Wildman–Crippen MR) is 56.7 cm³/mol. The summed E-state index contributed by atoms with van der Waals surface area (Å²) in [7, 11) is 0. The van der Waals surface area contributed by atoms with Gasteiger partial charge in [-0.25, -0.2) is 0 Å². The minimum atomic E-state index is 0.585. The van der Waals surface area contributed by atoms with Crippen molar-refractivity contribution >= 4 is 0 Å². The van der Waals surface area contributed by atoms with Gasteiger partial charge >= 0.3 is 0 Å². The highest BCUT2D eigenvalue weighted by Gasteiger charge is 2.34. The molecule has 2 rings (SSSR count). The molecule has 0 amide bonds. The maximum atomic E-state index is 3.88. The third kappa shape index (κ3) is 2.14. The maximum Gasteiger partial charge on any atom is 0.0247 e. The summed E-state index contributed by atoms with van der Waals surface area (Å²) in [6, 6.07) is 0.585. The molecule has 0 aromatic heterocycles.